The van der Waals surface area contributed by atoms with Crippen LogP contribution in [0.1, 0.15) is 13.8 Å². The molecule has 1 amide bonds. The van der Waals surface area contributed by atoms with Gasteiger partial charge in [0.1, 0.15) is 5.57 Å². The van der Waals surface area contributed by atoms with Crippen molar-refractivity contribution >= 4 is 5.91 Å². The summed E-state index contributed by atoms with van der Waals surface area (Å²) in [4.78, 5) is 10.9. The molecule has 0 aliphatic carbocycles. The van der Waals surface area contributed by atoms with Gasteiger partial charge in [-0.25, -0.2) is 5.32 Å². The highest BCUT2D eigenvalue weighted by Crippen LogP contribution is 2.31. The summed E-state index contributed by atoms with van der Waals surface area (Å²) >= 11 is 0. The van der Waals surface area contributed by atoms with E-state index in [9.17, 15) is 18.0 Å². The molecule has 5 heteroatoms. The third kappa shape index (κ3) is 1.91. The Balaban J connectivity index is 3.20. The molecular formula is C8H6F3NO. The number of hydrogen-bond donors (Lipinski definition) is 0. The summed E-state index contributed by atoms with van der Waals surface area (Å²) in [7, 11) is 0. The van der Waals surface area contributed by atoms with Crippen LogP contribution in [-0.2, 0) is 4.79 Å². The van der Waals surface area contributed by atoms with E-state index in [4.69, 9.17) is 0 Å². The molecule has 0 saturated heterocycles. The van der Waals surface area contributed by atoms with Gasteiger partial charge in [-0.1, -0.05) is 0 Å². The van der Waals surface area contributed by atoms with E-state index in [2.05, 4.69) is 11.4 Å². The van der Waals surface area contributed by atoms with Crippen LogP contribution in [0.25, 0.3) is 0 Å². The van der Waals surface area contributed by atoms with E-state index in [1.165, 1.54) is 13.8 Å². The van der Waals surface area contributed by atoms with Crippen molar-refractivity contribution in [3.63, 3.8) is 0 Å². The van der Waals surface area contributed by atoms with Crippen molar-refractivity contribution in [1.82, 2.24) is 5.32 Å². The predicted molar refractivity (Wildman–Crippen MR) is 38.3 cm³/mol. The van der Waals surface area contributed by atoms with Gasteiger partial charge in [0.05, 0.1) is 0 Å². The van der Waals surface area contributed by atoms with Crippen LogP contribution in [0.4, 0.5) is 13.2 Å². The van der Waals surface area contributed by atoms with Gasteiger partial charge in [-0.3, -0.25) is 4.79 Å². The van der Waals surface area contributed by atoms with Crippen LogP contribution in [0, 0.1) is 6.08 Å². The summed E-state index contributed by atoms with van der Waals surface area (Å²) in [5.74, 6) is -1.23. The van der Waals surface area contributed by atoms with Crippen LogP contribution in [0.2, 0.25) is 0 Å². The zero-order valence-corrected chi connectivity index (χ0v) is 6.99. The van der Waals surface area contributed by atoms with Crippen molar-refractivity contribution in [3.8, 4) is 0 Å². The second-order valence-corrected chi connectivity index (χ2v) is 2.63. The minimum absolute atomic E-state index is 0.176. The van der Waals surface area contributed by atoms with Gasteiger partial charge in [-0.05, 0) is 19.4 Å². The number of allylic oxidation sites excluding steroid dienone is 3. The van der Waals surface area contributed by atoms with Crippen LogP contribution in [-0.4, -0.2) is 12.1 Å². The van der Waals surface area contributed by atoms with Crippen molar-refractivity contribution in [2.75, 3.05) is 0 Å². The van der Waals surface area contributed by atoms with Gasteiger partial charge in [0.15, 0.2) is 0 Å². The number of nitrogens with zero attached hydrogens (tertiary/aromatic N) is 1. The third-order valence-corrected chi connectivity index (χ3v) is 1.51. The molecule has 0 aromatic heterocycles. The van der Waals surface area contributed by atoms with Crippen molar-refractivity contribution in [1.29, 1.82) is 0 Å². The molecule has 0 atom stereocenters. The quantitative estimate of drug-likeness (QED) is 0.570. The Labute approximate surface area is 73.1 Å². The Bertz CT molecular complexity index is 312. The Hall–Kier alpha value is -1.26. The standard InChI is InChI=1S/C8H6F3NO/c1-4-3-5(2)12-7(13)6(4)8(9,10)11/h1-2H3. The average Bonchev–Trinajstić information content (AvgIpc) is 1.78. The summed E-state index contributed by atoms with van der Waals surface area (Å²) in [5, 5.41) is 3.17. The molecule has 0 aromatic carbocycles. The van der Waals surface area contributed by atoms with E-state index in [1.54, 1.807) is 0 Å². The van der Waals surface area contributed by atoms with Crippen LogP contribution in [0.5, 0.6) is 0 Å². The molecular weight excluding hydrogens is 183 g/mol. The molecule has 1 aliphatic heterocycles. The number of carbonyl (C=O) groups is 1. The first-order chi connectivity index (χ1) is 5.82. The van der Waals surface area contributed by atoms with Crippen LogP contribution >= 0.6 is 0 Å². The molecule has 13 heavy (non-hydrogen) atoms. The number of alkyl halides is 3. The highest BCUT2D eigenvalue weighted by molar-refractivity contribution is 5.97. The van der Waals surface area contributed by atoms with Gasteiger partial charge >= 0.3 is 6.18 Å². The molecule has 0 fully saturated rings. The van der Waals surface area contributed by atoms with Crippen LogP contribution < -0.4 is 5.32 Å². The highest BCUT2D eigenvalue weighted by atomic mass is 19.4. The molecule has 1 rings (SSSR count). The van der Waals surface area contributed by atoms with E-state index in [-0.39, 0.29) is 11.3 Å². The molecule has 0 unspecified atom stereocenters. The summed E-state index contributed by atoms with van der Waals surface area (Å²) in [6.07, 6.45) is -2.29. The first-order valence-corrected chi connectivity index (χ1v) is 3.47. The van der Waals surface area contributed by atoms with Crippen molar-refractivity contribution in [2.45, 2.75) is 20.0 Å². The van der Waals surface area contributed by atoms with Gasteiger partial charge in [0.2, 0.25) is 0 Å². The lowest BCUT2D eigenvalue weighted by Gasteiger charge is -2.16. The van der Waals surface area contributed by atoms with Crippen LogP contribution in [0.15, 0.2) is 16.8 Å². The number of halogens is 3. The predicted octanol–water partition coefficient (Wildman–Crippen LogP) is 1.72. The second kappa shape index (κ2) is 2.90. The summed E-state index contributed by atoms with van der Waals surface area (Å²) < 4.78 is 36.5. The highest BCUT2D eigenvalue weighted by Gasteiger charge is 2.42. The van der Waals surface area contributed by atoms with Crippen molar-refractivity contribution in [2.24, 2.45) is 0 Å². The van der Waals surface area contributed by atoms with Gasteiger partial charge in [-0.2, -0.15) is 13.2 Å². The first kappa shape index (κ1) is 9.83. The zero-order valence-electron chi connectivity index (χ0n) is 6.99. The zero-order chi connectivity index (χ0) is 10.2. The average molecular weight is 189 g/mol. The summed E-state index contributed by atoms with van der Waals surface area (Å²) in [6, 6.07) is 0. The maximum absolute atomic E-state index is 12.2. The summed E-state index contributed by atoms with van der Waals surface area (Å²) in [6.45, 7) is 2.62. The molecule has 1 heterocycles. The fourth-order valence-electron chi connectivity index (χ4n) is 1.06. The van der Waals surface area contributed by atoms with E-state index >= 15 is 0 Å². The Morgan fingerprint density at radius 1 is 1.31 bits per heavy atom. The largest absolute Gasteiger partial charge is 0.422 e. The molecule has 2 nitrogen and oxygen atoms in total. The molecule has 0 N–H and O–H groups in total. The lowest BCUT2D eigenvalue weighted by molar-refractivity contribution is -0.130. The van der Waals surface area contributed by atoms with Crippen molar-refractivity contribution in [3.05, 3.63) is 22.9 Å². The molecule has 0 aromatic rings. The fourth-order valence-corrected chi connectivity index (χ4v) is 1.06. The smallest absolute Gasteiger partial charge is 0.267 e. The third-order valence-electron chi connectivity index (χ3n) is 1.51. The number of rotatable bonds is 0. The minimum Gasteiger partial charge on any atom is -0.267 e. The number of carbonyl (C=O) groups excluding carboxylic acids is 1. The first-order valence-electron chi connectivity index (χ1n) is 3.47. The molecule has 70 valence electrons. The normalized spacial score (nSPS) is 18.5. The fraction of sp³-hybridized carbons (Fsp3) is 0.375. The van der Waals surface area contributed by atoms with E-state index in [1.807, 2.05) is 0 Å². The Morgan fingerprint density at radius 3 is 2.23 bits per heavy atom. The van der Waals surface area contributed by atoms with E-state index in [0.717, 1.165) is 0 Å². The van der Waals surface area contributed by atoms with E-state index < -0.39 is 17.7 Å². The number of amides is 1. The van der Waals surface area contributed by atoms with Gasteiger partial charge in [0, 0.05) is 11.8 Å². The van der Waals surface area contributed by atoms with Gasteiger partial charge in [-0.15, -0.1) is 0 Å². The van der Waals surface area contributed by atoms with Gasteiger partial charge in [0.25, 0.3) is 5.91 Å². The number of hydrogen-bond acceptors (Lipinski definition) is 1. The molecule has 0 saturated carbocycles. The maximum atomic E-state index is 12.2. The minimum atomic E-state index is -4.64. The van der Waals surface area contributed by atoms with Crippen molar-refractivity contribution < 1.29 is 18.0 Å². The second-order valence-electron chi connectivity index (χ2n) is 2.63. The summed E-state index contributed by atoms with van der Waals surface area (Å²) in [5.41, 5.74) is -1.25. The maximum Gasteiger partial charge on any atom is 0.422 e. The lowest BCUT2D eigenvalue weighted by Crippen LogP contribution is -2.30. The SMILES string of the molecule is CC1=[C]C(C)=C(C(F)(F)F)C(=O)[N]1. The molecule has 1 aliphatic rings. The van der Waals surface area contributed by atoms with Gasteiger partial charge < -0.3 is 0 Å². The Morgan fingerprint density at radius 2 is 1.85 bits per heavy atom. The van der Waals surface area contributed by atoms with Crippen LogP contribution in [0.3, 0.4) is 0 Å². The lowest BCUT2D eigenvalue weighted by atomic mass is 10.0. The molecule has 0 spiro atoms. The molecule has 0 bridgehead atoms. The Kier molecular flexibility index (Phi) is 2.19. The monoisotopic (exact) mass is 189 g/mol. The topological polar surface area (TPSA) is 31.2 Å². The molecule has 2 radical (unpaired) electrons. The van der Waals surface area contributed by atoms with E-state index in [0.29, 0.717) is 0 Å².